The maximum absolute atomic E-state index is 5.21. The summed E-state index contributed by atoms with van der Waals surface area (Å²) >= 11 is 5.21. The Hall–Kier alpha value is -0.170. The molecule has 0 amide bonds. The second-order valence-electron chi connectivity index (χ2n) is 2.73. The average Bonchev–Trinajstić information content (AvgIpc) is 1.94. The van der Waals surface area contributed by atoms with Crippen LogP contribution in [0.15, 0.2) is 12.7 Å². The molecule has 0 nitrogen and oxygen atoms in total. The van der Waals surface area contributed by atoms with Gasteiger partial charge in [-0.25, -0.2) is 0 Å². The van der Waals surface area contributed by atoms with Crippen LogP contribution >= 0.6 is 12.2 Å². The van der Waals surface area contributed by atoms with Gasteiger partial charge in [-0.15, -0.1) is 6.58 Å². The van der Waals surface area contributed by atoms with Gasteiger partial charge in [-0.3, -0.25) is 0 Å². The summed E-state index contributed by atoms with van der Waals surface area (Å²) in [5, 5.41) is 0. The van der Waals surface area contributed by atoms with E-state index in [0.29, 0.717) is 0 Å². The molecule has 0 unspecified atom stereocenters. The van der Waals surface area contributed by atoms with Gasteiger partial charge in [0.1, 0.15) is 0 Å². The molecule has 1 aliphatic rings. The number of hydrogen-bond donors (Lipinski definition) is 0. The van der Waals surface area contributed by atoms with Crippen LogP contribution < -0.4 is 0 Å². The molecular formula is C9H13S. The fourth-order valence-corrected chi connectivity index (χ4v) is 1.66. The summed E-state index contributed by atoms with van der Waals surface area (Å²) in [5.74, 6) is 1.45. The van der Waals surface area contributed by atoms with Gasteiger partial charge in [0.25, 0.3) is 0 Å². The van der Waals surface area contributed by atoms with E-state index in [9.17, 15) is 0 Å². The molecule has 55 valence electrons. The van der Waals surface area contributed by atoms with E-state index in [1.54, 1.807) is 0 Å². The lowest BCUT2D eigenvalue weighted by atomic mass is 9.87. The van der Waals surface area contributed by atoms with Crippen molar-refractivity contribution in [1.29, 1.82) is 0 Å². The normalized spacial score (nSPS) is 21.0. The predicted molar refractivity (Wildman–Crippen MR) is 49.1 cm³/mol. The van der Waals surface area contributed by atoms with Crippen LogP contribution in [0, 0.1) is 5.92 Å². The topological polar surface area (TPSA) is 0 Å². The molecule has 1 aliphatic carbocycles. The maximum Gasteiger partial charge on any atom is 0.0156 e. The molecule has 1 saturated carbocycles. The first-order valence-electron chi connectivity index (χ1n) is 3.83. The molecule has 0 saturated heterocycles. The van der Waals surface area contributed by atoms with Gasteiger partial charge in [0.05, 0.1) is 0 Å². The fraction of sp³-hybridized carbons (Fsp3) is 0.556. The van der Waals surface area contributed by atoms with Crippen LogP contribution in [-0.4, -0.2) is 4.86 Å². The summed E-state index contributed by atoms with van der Waals surface area (Å²) in [6, 6.07) is 0. The van der Waals surface area contributed by atoms with Gasteiger partial charge in [0, 0.05) is 10.8 Å². The second kappa shape index (κ2) is 3.87. The van der Waals surface area contributed by atoms with E-state index < -0.39 is 0 Å². The van der Waals surface area contributed by atoms with Crippen LogP contribution in [0.5, 0.6) is 0 Å². The van der Waals surface area contributed by atoms with Gasteiger partial charge < -0.3 is 0 Å². The summed E-state index contributed by atoms with van der Waals surface area (Å²) in [4.78, 5) is 1.20. The van der Waals surface area contributed by atoms with Crippen LogP contribution in [0.2, 0.25) is 0 Å². The summed E-state index contributed by atoms with van der Waals surface area (Å²) in [5.41, 5.74) is 0. The van der Waals surface area contributed by atoms with Crippen LogP contribution in [0.4, 0.5) is 0 Å². The lowest BCUT2D eigenvalue weighted by molar-refractivity contribution is 0.681. The molecule has 10 heavy (non-hydrogen) atoms. The highest BCUT2D eigenvalue weighted by atomic mass is 32.1. The minimum Gasteiger partial charge on any atom is -0.103 e. The van der Waals surface area contributed by atoms with E-state index >= 15 is 0 Å². The quantitative estimate of drug-likeness (QED) is 0.434. The molecule has 0 N–H and O–H groups in total. The van der Waals surface area contributed by atoms with Gasteiger partial charge in [0.2, 0.25) is 0 Å². The summed E-state index contributed by atoms with van der Waals surface area (Å²) in [7, 11) is 0. The Balaban J connectivity index is 2.39. The highest BCUT2D eigenvalue weighted by Gasteiger charge is 2.17. The average molecular weight is 153 g/mol. The Kier molecular flexibility index (Phi) is 3.07. The first-order valence-corrected chi connectivity index (χ1v) is 4.24. The zero-order valence-corrected chi connectivity index (χ0v) is 7.04. The first kappa shape index (κ1) is 7.93. The summed E-state index contributed by atoms with van der Waals surface area (Å²) in [6.07, 6.45) is 7.93. The molecule has 0 spiro atoms. The van der Waals surface area contributed by atoms with Crippen LogP contribution in [0.1, 0.15) is 32.1 Å². The van der Waals surface area contributed by atoms with Gasteiger partial charge in [-0.05, 0) is 25.7 Å². The van der Waals surface area contributed by atoms with Crippen molar-refractivity contribution >= 4 is 17.1 Å². The molecule has 0 aromatic rings. The first-order chi connectivity index (χ1) is 4.84. The number of rotatable bonds is 2. The van der Waals surface area contributed by atoms with E-state index in [2.05, 4.69) is 6.58 Å². The molecule has 1 rings (SSSR count). The highest BCUT2D eigenvalue weighted by molar-refractivity contribution is 7.80. The van der Waals surface area contributed by atoms with E-state index in [0.717, 1.165) is 12.8 Å². The Morgan fingerprint density at radius 1 is 1.40 bits per heavy atom. The molecule has 1 heteroatoms. The molecule has 0 aromatic heterocycles. The Bertz CT molecular complexity index is 138. The number of hydrogen-bond acceptors (Lipinski definition) is 1. The molecule has 0 bridgehead atoms. The zero-order valence-electron chi connectivity index (χ0n) is 6.23. The molecule has 0 heterocycles. The number of allylic oxidation sites excluding steroid dienone is 1. The van der Waals surface area contributed by atoms with Crippen molar-refractivity contribution < 1.29 is 0 Å². The standard InChI is InChI=1S/C9H13S/c1-2-5-8-6-3-4-7-9(8)10/h2H,1,3-7H2. The van der Waals surface area contributed by atoms with Crippen LogP contribution in [0.3, 0.4) is 0 Å². The monoisotopic (exact) mass is 153 g/mol. The molecule has 0 aromatic carbocycles. The van der Waals surface area contributed by atoms with Crippen LogP contribution in [0.25, 0.3) is 0 Å². The zero-order chi connectivity index (χ0) is 7.40. The minimum atomic E-state index is 1.01. The molecule has 1 fully saturated rings. The van der Waals surface area contributed by atoms with Gasteiger partial charge in [-0.2, -0.15) is 0 Å². The summed E-state index contributed by atoms with van der Waals surface area (Å²) in [6.45, 7) is 3.71. The minimum absolute atomic E-state index is 1.01. The maximum atomic E-state index is 5.21. The molecular weight excluding hydrogens is 140 g/mol. The largest absolute Gasteiger partial charge is 0.103 e. The van der Waals surface area contributed by atoms with Crippen molar-refractivity contribution in [2.45, 2.75) is 32.1 Å². The van der Waals surface area contributed by atoms with Crippen molar-refractivity contribution in [2.75, 3.05) is 0 Å². The SMILES string of the molecule is C=CC[C]1CCCCC1=S. The van der Waals surface area contributed by atoms with Gasteiger partial charge >= 0.3 is 0 Å². The third kappa shape index (κ3) is 1.91. The van der Waals surface area contributed by atoms with E-state index in [1.165, 1.54) is 30.0 Å². The second-order valence-corrected chi connectivity index (χ2v) is 3.22. The summed E-state index contributed by atoms with van der Waals surface area (Å²) < 4.78 is 0. The fourth-order valence-electron chi connectivity index (χ4n) is 1.33. The van der Waals surface area contributed by atoms with Gasteiger partial charge in [0.15, 0.2) is 0 Å². The van der Waals surface area contributed by atoms with Crippen LogP contribution in [-0.2, 0) is 0 Å². The molecule has 0 atom stereocenters. The Morgan fingerprint density at radius 3 is 2.70 bits per heavy atom. The lowest BCUT2D eigenvalue weighted by Gasteiger charge is -2.20. The van der Waals surface area contributed by atoms with Gasteiger partial charge in [-0.1, -0.05) is 24.7 Å². The predicted octanol–water partition coefficient (Wildman–Crippen LogP) is 3.08. The Labute approximate surface area is 68.3 Å². The van der Waals surface area contributed by atoms with Crippen molar-refractivity contribution in [2.24, 2.45) is 0 Å². The van der Waals surface area contributed by atoms with Crippen molar-refractivity contribution in [3.8, 4) is 0 Å². The van der Waals surface area contributed by atoms with Crippen molar-refractivity contribution in [3.05, 3.63) is 18.6 Å². The molecule has 1 radical (unpaired) electrons. The van der Waals surface area contributed by atoms with E-state index in [-0.39, 0.29) is 0 Å². The lowest BCUT2D eigenvalue weighted by Crippen LogP contribution is -2.13. The highest BCUT2D eigenvalue weighted by Crippen LogP contribution is 2.26. The molecule has 0 aliphatic heterocycles. The van der Waals surface area contributed by atoms with Crippen molar-refractivity contribution in [1.82, 2.24) is 0 Å². The third-order valence-corrected chi connectivity index (χ3v) is 2.41. The van der Waals surface area contributed by atoms with E-state index in [4.69, 9.17) is 12.2 Å². The van der Waals surface area contributed by atoms with E-state index in [1.807, 2.05) is 6.08 Å². The smallest absolute Gasteiger partial charge is 0.0156 e. The Morgan fingerprint density at radius 2 is 2.10 bits per heavy atom. The third-order valence-electron chi connectivity index (χ3n) is 1.92. The van der Waals surface area contributed by atoms with Crippen molar-refractivity contribution in [3.63, 3.8) is 0 Å². The number of thiocarbonyl (C=S) groups is 1.